The Kier molecular flexibility index (Phi) is 5.18. The lowest BCUT2D eigenvalue weighted by molar-refractivity contribution is -0.118. The van der Waals surface area contributed by atoms with Gasteiger partial charge in [-0.1, -0.05) is 20.8 Å². The Balaban J connectivity index is 1.86. The van der Waals surface area contributed by atoms with Gasteiger partial charge in [-0.15, -0.1) is 0 Å². The van der Waals surface area contributed by atoms with Crippen LogP contribution in [0.4, 0.5) is 16.3 Å². The number of nitriles is 1. The summed E-state index contributed by atoms with van der Waals surface area (Å²) in [5, 5.41) is 11.8. The first-order valence-electron chi connectivity index (χ1n) is 8.98. The van der Waals surface area contributed by atoms with Crippen molar-refractivity contribution in [3.63, 3.8) is 0 Å². The highest BCUT2D eigenvalue weighted by atomic mass is 16.5. The van der Waals surface area contributed by atoms with Gasteiger partial charge in [0.1, 0.15) is 11.8 Å². The summed E-state index contributed by atoms with van der Waals surface area (Å²) < 4.78 is 5.76. The number of urea groups is 1. The maximum Gasteiger partial charge on any atom is 0.329 e. The zero-order valence-corrected chi connectivity index (χ0v) is 15.9. The highest BCUT2D eigenvalue weighted by molar-refractivity contribution is 6.22. The monoisotopic (exact) mass is 379 g/mol. The van der Waals surface area contributed by atoms with Gasteiger partial charge < -0.3 is 15.8 Å². The Hall–Kier alpha value is -3.60. The number of hydrogen-bond acceptors (Lipinski definition) is 6. The zero-order valence-electron chi connectivity index (χ0n) is 15.9. The molecule has 0 aliphatic carbocycles. The van der Waals surface area contributed by atoms with E-state index in [9.17, 15) is 14.9 Å². The van der Waals surface area contributed by atoms with Gasteiger partial charge in [-0.2, -0.15) is 10.2 Å². The minimum absolute atomic E-state index is 0.00970. The number of carbonyl (C=O) groups is 2. The Morgan fingerprint density at radius 3 is 2.64 bits per heavy atom. The normalized spacial score (nSPS) is 16.2. The molecule has 0 radical (unpaired) electrons. The average Bonchev–Trinajstić information content (AvgIpc) is 2.95. The smallest absolute Gasteiger partial charge is 0.329 e. The summed E-state index contributed by atoms with van der Waals surface area (Å²) >= 11 is 0. The van der Waals surface area contributed by atoms with Crippen LogP contribution in [0, 0.1) is 11.3 Å². The van der Waals surface area contributed by atoms with E-state index in [2.05, 4.69) is 16.4 Å². The number of amides is 3. The number of hydrogen-bond donors (Lipinski definition) is 2. The highest BCUT2D eigenvalue weighted by Crippen LogP contribution is 2.31. The molecule has 8 nitrogen and oxygen atoms in total. The standard InChI is InChI=1S/C20H21N5O3/c1-4-15-19(26)25(20(27)23-15)16-7-8-17(24-18(16)22)28-13-6-5-12(10-21)14(9-13)11(2)3/h5-9,11,15H,4H2,1-3H3,(H2,22,24)(H,23,27)/t15-/m1/s1. The van der Waals surface area contributed by atoms with E-state index in [4.69, 9.17) is 10.5 Å². The second-order valence-corrected chi connectivity index (χ2v) is 6.76. The molecule has 1 aliphatic rings. The maximum atomic E-state index is 12.3. The average molecular weight is 379 g/mol. The third kappa shape index (κ3) is 3.47. The van der Waals surface area contributed by atoms with E-state index in [1.807, 2.05) is 20.8 Å². The van der Waals surface area contributed by atoms with Gasteiger partial charge in [0, 0.05) is 6.07 Å². The number of nitrogen functional groups attached to an aromatic ring is 1. The van der Waals surface area contributed by atoms with E-state index in [1.165, 1.54) is 6.07 Å². The molecule has 2 aromatic rings. The molecule has 0 bridgehead atoms. The van der Waals surface area contributed by atoms with Crippen LogP contribution in [0.25, 0.3) is 0 Å². The van der Waals surface area contributed by atoms with E-state index in [0.717, 1.165) is 10.5 Å². The number of nitrogens with two attached hydrogens (primary N) is 1. The molecule has 2 heterocycles. The molecular weight excluding hydrogens is 358 g/mol. The molecule has 3 amide bonds. The predicted octanol–water partition coefficient (Wildman–Crippen LogP) is 3.29. The molecule has 1 fully saturated rings. The summed E-state index contributed by atoms with van der Waals surface area (Å²) in [5.74, 6) is 0.548. The topological polar surface area (TPSA) is 121 Å². The van der Waals surface area contributed by atoms with Crippen LogP contribution in [0.3, 0.4) is 0 Å². The molecule has 3 N–H and O–H groups in total. The third-order valence-electron chi connectivity index (χ3n) is 4.53. The Morgan fingerprint density at radius 1 is 1.32 bits per heavy atom. The molecule has 1 aromatic heterocycles. The summed E-state index contributed by atoms with van der Waals surface area (Å²) in [6.45, 7) is 5.80. The van der Waals surface area contributed by atoms with E-state index in [-0.39, 0.29) is 29.2 Å². The van der Waals surface area contributed by atoms with Gasteiger partial charge in [-0.3, -0.25) is 4.79 Å². The second kappa shape index (κ2) is 7.56. The number of pyridine rings is 1. The molecule has 1 saturated heterocycles. The van der Waals surface area contributed by atoms with Crippen molar-refractivity contribution in [1.29, 1.82) is 5.26 Å². The second-order valence-electron chi connectivity index (χ2n) is 6.76. The Labute approximate surface area is 162 Å². The van der Waals surface area contributed by atoms with E-state index in [1.54, 1.807) is 24.3 Å². The Bertz CT molecular complexity index is 980. The minimum Gasteiger partial charge on any atom is -0.439 e. The first-order chi connectivity index (χ1) is 13.3. The number of benzene rings is 1. The number of imide groups is 1. The predicted molar refractivity (Wildman–Crippen MR) is 104 cm³/mol. The SMILES string of the molecule is CC[C@H]1NC(=O)N(c2ccc(Oc3ccc(C#N)c(C(C)C)c3)nc2N)C1=O. The third-order valence-corrected chi connectivity index (χ3v) is 4.53. The number of rotatable bonds is 5. The van der Waals surface area contributed by atoms with Crippen molar-refractivity contribution in [2.75, 3.05) is 10.6 Å². The number of carbonyl (C=O) groups excluding carboxylic acids is 2. The van der Waals surface area contributed by atoms with Crippen molar-refractivity contribution in [1.82, 2.24) is 10.3 Å². The molecule has 144 valence electrons. The van der Waals surface area contributed by atoms with Crippen LogP contribution in [0.1, 0.15) is 44.2 Å². The van der Waals surface area contributed by atoms with Crippen LogP contribution in [0.15, 0.2) is 30.3 Å². The summed E-state index contributed by atoms with van der Waals surface area (Å²) in [6, 6.07) is 9.32. The molecular formula is C20H21N5O3. The maximum absolute atomic E-state index is 12.3. The van der Waals surface area contributed by atoms with Crippen LogP contribution in [-0.4, -0.2) is 23.0 Å². The summed E-state index contributed by atoms with van der Waals surface area (Å²) in [5.41, 5.74) is 7.66. The van der Waals surface area contributed by atoms with Crippen LogP contribution in [0.5, 0.6) is 11.6 Å². The van der Waals surface area contributed by atoms with Crippen molar-refractivity contribution >= 4 is 23.4 Å². The van der Waals surface area contributed by atoms with Gasteiger partial charge in [0.05, 0.1) is 17.3 Å². The molecule has 3 rings (SSSR count). The van der Waals surface area contributed by atoms with Crippen LogP contribution in [-0.2, 0) is 4.79 Å². The van der Waals surface area contributed by atoms with Crippen LogP contribution >= 0.6 is 0 Å². The van der Waals surface area contributed by atoms with Crippen molar-refractivity contribution in [3.8, 4) is 17.7 Å². The molecule has 0 saturated carbocycles. The van der Waals surface area contributed by atoms with Gasteiger partial charge in [-0.25, -0.2) is 9.69 Å². The zero-order chi connectivity index (χ0) is 20.4. The minimum atomic E-state index is -0.559. The first-order valence-corrected chi connectivity index (χ1v) is 8.98. The van der Waals surface area contributed by atoms with Gasteiger partial charge >= 0.3 is 6.03 Å². The molecule has 8 heteroatoms. The lowest BCUT2D eigenvalue weighted by Crippen LogP contribution is -2.32. The van der Waals surface area contributed by atoms with Gasteiger partial charge in [0.2, 0.25) is 5.88 Å². The van der Waals surface area contributed by atoms with E-state index in [0.29, 0.717) is 17.7 Å². The van der Waals surface area contributed by atoms with Gasteiger partial charge in [0.15, 0.2) is 5.82 Å². The fraction of sp³-hybridized carbons (Fsp3) is 0.300. The fourth-order valence-corrected chi connectivity index (χ4v) is 3.04. The first kappa shape index (κ1) is 19.2. The quantitative estimate of drug-likeness (QED) is 0.769. The lowest BCUT2D eigenvalue weighted by Gasteiger charge is -2.16. The molecule has 1 aromatic carbocycles. The number of aromatic nitrogens is 1. The number of ether oxygens (including phenoxy) is 1. The van der Waals surface area contributed by atoms with Crippen LogP contribution in [0.2, 0.25) is 0 Å². The number of nitrogens with one attached hydrogen (secondary N) is 1. The molecule has 0 spiro atoms. The molecule has 28 heavy (non-hydrogen) atoms. The fourth-order valence-electron chi connectivity index (χ4n) is 3.04. The summed E-state index contributed by atoms with van der Waals surface area (Å²) in [4.78, 5) is 29.6. The number of anilines is 2. The summed E-state index contributed by atoms with van der Waals surface area (Å²) in [6.07, 6.45) is 0.493. The van der Waals surface area contributed by atoms with Crippen LogP contribution < -0.4 is 20.7 Å². The Morgan fingerprint density at radius 2 is 2.07 bits per heavy atom. The van der Waals surface area contributed by atoms with Crippen molar-refractivity contribution in [2.24, 2.45) is 0 Å². The molecule has 1 atom stereocenters. The summed E-state index contributed by atoms with van der Waals surface area (Å²) in [7, 11) is 0. The van der Waals surface area contributed by atoms with Crippen molar-refractivity contribution in [3.05, 3.63) is 41.5 Å². The van der Waals surface area contributed by atoms with Gasteiger partial charge in [0.25, 0.3) is 5.91 Å². The molecule has 0 unspecified atom stereocenters. The van der Waals surface area contributed by atoms with Crippen molar-refractivity contribution in [2.45, 2.75) is 39.2 Å². The highest BCUT2D eigenvalue weighted by Gasteiger charge is 2.39. The van der Waals surface area contributed by atoms with E-state index >= 15 is 0 Å². The number of nitrogens with zero attached hydrogens (tertiary/aromatic N) is 3. The largest absolute Gasteiger partial charge is 0.439 e. The lowest BCUT2D eigenvalue weighted by atomic mass is 9.98. The molecule has 1 aliphatic heterocycles. The van der Waals surface area contributed by atoms with Gasteiger partial charge in [-0.05, 0) is 42.2 Å². The van der Waals surface area contributed by atoms with E-state index < -0.39 is 12.1 Å². The van der Waals surface area contributed by atoms with Crippen molar-refractivity contribution < 1.29 is 14.3 Å².